The summed E-state index contributed by atoms with van der Waals surface area (Å²) in [4.78, 5) is 0. The van der Waals surface area contributed by atoms with Crippen molar-refractivity contribution in [3.8, 4) is 0 Å². The first kappa shape index (κ1) is 16.8. The Labute approximate surface area is 124 Å². The number of rotatable bonds is 11. The SMILES string of the molecule is CCCCC(CC)CC(C)CCCCc1ccsc1. The number of aryl methyl sites for hydroxylation is 1. The molecular weight excluding hydrogens is 248 g/mol. The molecule has 0 saturated carbocycles. The van der Waals surface area contributed by atoms with Crippen molar-refractivity contribution < 1.29 is 0 Å². The Hall–Kier alpha value is -0.300. The topological polar surface area (TPSA) is 0 Å². The van der Waals surface area contributed by atoms with Gasteiger partial charge >= 0.3 is 0 Å². The quantitative estimate of drug-likeness (QED) is 0.395. The number of hydrogen-bond acceptors (Lipinski definition) is 1. The van der Waals surface area contributed by atoms with Crippen LogP contribution in [0.1, 0.15) is 77.7 Å². The molecule has 0 radical (unpaired) electrons. The summed E-state index contributed by atoms with van der Waals surface area (Å²) in [6, 6.07) is 2.27. The Balaban J connectivity index is 2.07. The smallest absolute Gasteiger partial charge is 0.00613 e. The Morgan fingerprint density at radius 2 is 1.95 bits per heavy atom. The van der Waals surface area contributed by atoms with Crippen molar-refractivity contribution >= 4 is 11.3 Å². The van der Waals surface area contributed by atoms with Crippen LogP contribution in [0.2, 0.25) is 0 Å². The zero-order valence-electron chi connectivity index (χ0n) is 13.2. The lowest BCUT2D eigenvalue weighted by Gasteiger charge is -2.19. The Bertz CT molecular complexity index is 289. The van der Waals surface area contributed by atoms with Crippen LogP contribution in [-0.2, 0) is 6.42 Å². The van der Waals surface area contributed by atoms with Crippen LogP contribution in [0.25, 0.3) is 0 Å². The van der Waals surface area contributed by atoms with Crippen LogP contribution in [0.5, 0.6) is 0 Å². The molecule has 0 aliphatic carbocycles. The van der Waals surface area contributed by atoms with Crippen LogP contribution in [0, 0.1) is 11.8 Å². The molecule has 0 aliphatic heterocycles. The van der Waals surface area contributed by atoms with E-state index in [2.05, 4.69) is 37.6 Å². The van der Waals surface area contributed by atoms with Gasteiger partial charge in [0.1, 0.15) is 0 Å². The molecule has 0 bridgehead atoms. The minimum Gasteiger partial charge on any atom is -0.152 e. The fourth-order valence-electron chi connectivity index (χ4n) is 2.93. The molecule has 1 rings (SSSR count). The first-order valence-electron chi connectivity index (χ1n) is 8.27. The van der Waals surface area contributed by atoms with E-state index in [1.807, 2.05) is 11.3 Å². The molecule has 0 amide bonds. The van der Waals surface area contributed by atoms with E-state index >= 15 is 0 Å². The number of thiophene rings is 1. The average Bonchev–Trinajstić information content (AvgIpc) is 2.92. The molecule has 1 aromatic rings. The minimum absolute atomic E-state index is 0.921. The van der Waals surface area contributed by atoms with E-state index in [0.717, 1.165) is 11.8 Å². The highest BCUT2D eigenvalue weighted by Crippen LogP contribution is 2.24. The molecule has 0 fully saturated rings. The van der Waals surface area contributed by atoms with E-state index < -0.39 is 0 Å². The zero-order chi connectivity index (χ0) is 13.9. The predicted octanol–water partition coefficient (Wildman–Crippen LogP) is 6.70. The molecule has 0 spiro atoms. The number of hydrogen-bond donors (Lipinski definition) is 0. The van der Waals surface area contributed by atoms with E-state index in [1.54, 1.807) is 0 Å². The summed E-state index contributed by atoms with van der Waals surface area (Å²) < 4.78 is 0. The van der Waals surface area contributed by atoms with Gasteiger partial charge in [0.15, 0.2) is 0 Å². The van der Waals surface area contributed by atoms with Crippen molar-refractivity contribution in [1.29, 1.82) is 0 Å². The lowest BCUT2D eigenvalue weighted by molar-refractivity contribution is 0.334. The first-order valence-corrected chi connectivity index (χ1v) is 9.21. The second kappa shape index (κ2) is 10.5. The normalized spacial score (nSPS) is 14.5. The molecule has 0 nitrogen and oxygen atoms in total. The van der Waals surface area contributed by atoms with Crippen molar-refractivity contribution in [3.63, 3.8) is 0 Å². The Morgan fingerprint density at radius 1 is 1.11 bits per heavy atom. The fraction of sp³-hybridized carbons (Fsp3) is 0.778. The van der Waals surface area contributed by atoms with Crippen LogP contribution in [0.4, 0.5) is 0 Å². The number of unbranched alkanes of at least 4 members (excludes halogenated alkanes) is 2. The van der Waals surface area contributed by atoms with Gasteiger partial charge in [-0.25, -0.2) is 0 Å². The van der Waals surface area contributed by atoms with Gasteiger partial charge in [-0.15, -0.1) is 0 Å². The van der Waals surface area contributed by atoms with Crippen molar-refractivity contribution in [2.45, 2.75) is 78.6 Å². The van der Waals surface area contributed by atoms with E-state index in [4.69, 9.17) is 0 Å². The largest absolute Gasteiger partial charge is 0.152 e. The summed E-state index contributed by atoms with van der Waals surface area (Å²) in [5.74, 6) is 1.90. The Kier molecular flexibility index (Phi) is 9.24. The standard InChI is InChI=1S/C18H32S/c1-4-6-10-17(5-2)14-16(3)9-7-8-11-18-12-13-19-15-18/h12-13,15-17H,4-11,14H2,1-3H3. The highest BCUT2D eigenvalue weighted by atomic mass is 32.1. The zero-order valence-corrected chi connectivity index (χ0v) is 14.0. The maximum Gasteiger partial charge on any atom is -0.00613 e. The van der Waals surface area contributed by atoms with E-state index in [9.17, 15) is 0 Å². The molecule has 0 N–H and O–H groups in total. The van der Waals surface area contributed by atoms with Gasteiger partial charge in [-0.1, -0.05) is 59.3 Å². The third-order valence-corrected chi connectivity index (χ3v) is 5.00. The van der Waals surface area contributed by atoms with Gasteiger partial charge < -0.3 is 0 Å². The molecule has 0 aromatic carbocycles. The second-order valence-corrected chi connectivity index (χ2v) is 6.91. The molecular formula is C18H32S. The molecule has 1 heteroatoms. The van der Waals surface area contributed by atoms with Crippen LogP contribution in [0.15, 0.2) is 16.8 Å². The third-order valence-electron chi connectivity index (χ3n) is 4.27. The maximum absolute atomic E-state index is 2.46. The van der Waals surface area contributed by atoms with E-state index in [-0.39, 0.29) is 0 Å². The van der Waals surface area contributed by atoms with E-state index in [1.165, 1.54) is 63.4 Å². The third kappa shape index (κ3) is 7.77. The molecule has 0 saturated heterocycles. The van der Waals surface area contributed by atoms with Gasteiger partial charge in [-0.05, 0) is 53.5 Å². The van der Waals surface area contributed by atoms with Gasteiger partial charge in [0.05, 0.1) is 0 Å². The molecule has 2 atom stereocenters. The van der Waals surface area contributed by atoms with Crippen molar-refractivity contribution in [1.82, 2.24) is 0 Å². The van der Waals surface area contributed by atoms with Crippen LogP contribution < -0.4 is 0 Å². The highest BCUT2D eigenvalue weighted by Gasteiger charge is 2.11. The summed E-state index contributed by atoms with van der Waals surface area (Å²) in [6.07, 6.45) is 12.5. The minimum atomic E-state index is 0.921. The summed E-state index contributed by atoms with van der Waals surface area (Å²) in [5, 5.41) is 4.48. The summed E-state index contributed by atoms with van der Waals surface area (Å²) >= 11 is 1.82. The second-order valence-electron chi connectivity index (χ2n) is 6.13. The monoisotopic (exact) mass is 280 g/mol. The van der Waals surface area contributed by atoms with Crippen LogP contribution in [0.3, 0.4) is 0 Å². The van der Waals surface area contributed by atoms with Crippen molar-refractivity contribution in [2.75, 3.05) is 0 Å². The van der Waals surface area contributed by atoms with Crippen molar-refractivity contribution in [3.05, 3.63) is 22.4 Å². The molecule has 0 aliphatic rings. The fourth-order valence-corrected chi connectivity index (χ4v) is 3.63. The lowest BCUT2D eigenvalue weighted by atomic mass is 9.87. The summed E-state index contributed by atoms with van der Waals surface area (Å²) in [5.41, 5.74) is 1.53. The van der Waals surface area contributed by atoms with Gasteiger partial charge in [-0.3, -0.25) is 0 Å². The molecule has 2 unspecified atom stereocenters. The summed E-state index contributed by atoms with van der Waals surface area (Å²) in [6.45, 7) is 7.13. The average molecular weight is 281 g/mol. The summed E-state index contributed by atoms with van der Waals surface area (Å²) in [7, 11) is 0. The van der Waals surface area contributed by atoms with Gasteiger partial charge in [0, 0.05) is 0 Å². The molecule has 19 heavy (non-hydrogen) atoms. The predicted molar refractivity (Wildman–Crippen MR) is 89.0 cm³/mol. The van der Waals surface area contributed by atoms with E-state index in [0.29, 0.717) is 0 Å². The van der Waals surface area contributed by atoms with Gasteiger partial charge in [0.2, 0.25) is 0 Å². The van der Waals surface area contributed by atoms with Gasteiger partial charge in [-0.2, -0.15) is 11.3 Å². The molecule has 1 aromatic heterocycles. The van der Waals surface area contributed by atoms with Crippen LogP contribution >= 0.6 is 11.3 Å². The molecule has 110 valence electrons. The van der Waals surface area contributed by atoms with Crippen molar-refractivity contribution in [2.24, 2.45) is 11.8 Å². The van der Waals surface area contributed by atoms with Gasteiger partial charge in [0.25, 0.3) is 0 Å². The first-order chi connectivity index (χ1) is 9.26. The lowest BCUT2D eigenvalue weighted by Crippen LogP contribution is -2.06. The Morgan fingerprint density at radius 3 is 2.58 bits per heavy atom. The molecule has 1 heterocycles. The van der Waals surface area contributed by atoms with Crippen LogP contribution in [-0.4, -0.2) is 0 Å². The highest BCUT2D eigenvalue weighted by molar-refractivity contribution is 7.07. The maximum atomic E-state index is 2.46.